The first kappa shape index (κ1) is 19.1. The second-order valence-corrected chi connectivity index (χ2v) is 4.07. The molecule has 0 aliphatic carbocycles. The van der Waals surface area contributed by atoms with Crippen molar-refractivity contribution in [3.05, 3.63) is 29.8 Å². The average Bonchev–Trinajstić information content (AvgIpc) is 2.27. The molecule has 100 valence electrons. The molecule has 0 aliphatic heterocycles. The van der Waals surface area contributed by atoms with Crippen LogP contribution in [0.4, 0.5) is 12.9 Å². The number of rotatable bonds is 5. The van der Waals surface area contributed by atoms with Crippen molar-refractivity contribution in [2.75, 3.05) is 13.7 Å². The molecule has 0 N–H and O–H groups in total. The molecule has 7 heteroatoms. The van der Waals surface area contributed by atoms with Crippen molar-refractivity contribution < 1.29 is 73.8 Å². The maximum atomic E-state index is 12.9. The van der Waals surface area contributed by atoms with E-state index in [0.717, 1.165) is 11.6 Å². The number of ether oxygens (including phenoxy) is 2. The summed E-state index contributed by atoms with van der Waals surface area (Å²) in [5.41, 5.74) is 0.221. The van der Waals surface area contributed by atoms with Crippen LogP contribution in [0.5, 0.6) is 11.5 Å². The van der Waals surface area contributed by atoms with Gasteiger partial charge in [-0.05, 0) is 38.1 Å². The van der Waals surface area contributed by atoms with Gasteiger partial charge < -0.3 is 22.4 Å². The maximum absolute atomic E-state index is 12.9. The topological polar surface area (TPSA) is 18.5 Å². The van der Waals surface area contributed by atoms with Gasteiger partial charge in [-0.15, -0.1) is 0 Å². The van der Waals surface area contributed by atoms with Crippen LogP contribution in [0.2, 0.25) is 0 Å². The van der Waals surface area contributed by atoms with E-state index in [9.17, 15) is 12.9 Å². The molecule has 19 heavy (non-hydrogen) atoms. The molecule has 1 aromatic rings. The fourth-order valence-electron chi connectivity index (χ4n) is 1.34. The molecule has 0 radical (unpaired) electrons. The van der Waals surface area contributed by atoms with Crippen LogP contribution < -0.4 is 66.3 Å². The Morgan fingerprint density at radius 2 is 1.89 bits per heavy atom. The minimum Gasteiger partial charge on any atom is -0.497 e. The van der Waals surface area contributed by atoms with Gasteiger partial charge in [0.05, 0.1) is 12.9 Å². The van der Waals surface area contributed by atoms with Gasteiger partial charge in [0.25, 0.3) is 0 Å². The Balaban J connectivity index is 0.00000324. The first-order chi connectivity index (χ1) is 8.34. The molecule has 0 aromatic heterocycles. The van der Waals surface area contributed by atoms with Crippen molar-refractivity contribution in [1.82, 2.24) is 0 Å². The molecule has 2 nitrogen and oxygen atoms in total. The quantitative estimate of drug-likeness (QED) is 0.567. The van der Waals surface area contributed by atoms with Gasteiger partial charge in [-0.3, -0.25) is 0 Å². The molecular weight excluding hydrogens is 283 g/mol. The molecule has 0 atom stereocenters. The van der Waals surface area contributed by atoms with Gasteiger partial charge in [0.1, 0.15) is 12.4 Å². The van der Waals surface area contributed by atoms with E-state index in [2.05, 4.69) is 0 Å². The summed E-state index contributed by atoms with van der Waals surface area (Å²) in [5.74, 6) is -0.000404. The minimum absolute atomic E-state index is 0. The predicted molar refractivity (Wildman–Crippen MR) is 66.6 cm³/mol. The number of methoxy groups -OCH3 is 1. The molecular formula is C12H15BF3KO2. The van der Waals surface area contributed by atoms with E-state index >= 15 is 0 Å². The van der Waals surface area contributed by atoms with Crippen molar-refractivity contribution >= 4 is 12.4 Å². The van der Waals surface area contributed by atoms with Crippen LogP contribution in [0.15, 0.2) is 29.8 Å². The van der Waals surface area contributed by atoms with Gasteiger partial charge >= 0.3 is 58.4 Å². The first-order valence-electron chi connectivity index (χ1n) is 5.48. The number of hydrogen-bond donors (Lipinski definition) is 0. The molecule has 0 unspecified atom stereocenters. The molecule has 0 fully saturated rings. The Bertz CT molecular complexity index is 443. The molecule has 0 aliphatic rings. The smallest absolute Gasteiger partial charge is 0.497 e. The number of allylic oxidation sites excluding steroid dienone is 1. The van der Waals surface area contributed by atoms with Crippen LogP contribution in [0.1, 0.15) is 13.8 Å². The summed E-state index contributed by atoms with van der Waals surface area (Å²) in [6.45, 7) is -1.30. The molecule has 0 saturated carbocycles. The van der Waals surface area contributed by atoms with Crippen LogP contribution in [0.25, 0.3) is 0 Å². The minimum atomic E-state index is -5.12. The van der Waals surface area contributed by atoms with E-state index < -0.39 is 12.4 Å². The van der Waals surface area contributed by atoms with Crippen LogP contribution in [0, 0.1) is 0 Å². The number of benzene rings is 1. The summed E-state index contributed by atoms with van der Waals surface area (Å²) in [5, 5.41) is 0. The second-order valence-electron chi connectivity index (χ2n) is 4.07. The van der Waals surface area contributed by atoms with E-state index in [4.69, 9.17) is 9.47 Å². The van der Waals surface area contributed by atoms with E-state index in [0.29, 0.717) is 0 Å². The average molecular weight is 298 g/mol. The predicted octanol–water partition coefficient (Wildman–Crippen LogP) is 0.0986. The van der Waals surface area contributed by atoms with Crippen LogP contribution in [0.3, 0.4) is 0 Å². The molecule has 0 spiro atoms. The van der Waals surface area contributed by atoms with Crippen molar-refractivity contribution in [3.63, 3.8) is 0 Å². The van der Waals surface area contributed by atoms with Gasteiger partial charge in [-0.1, -0.05) is 11.0 Å². The normalized spacial score (nSPS) is 10.4. The number of halogens is 3. The standard InChI is InChI=1S/C12H15BF3O2.K/c1-9(2)6-7-18-12-5-4-10(17-3)8-11(12)13(14,15)16;/h4-6,8H,7H2,1-3H3;/q-1;+1. The number of hydrogen-bond acceptors (Lipinski definition) is 2. The van der Waals surface area contributed by atoms with Gasteiger partial charge in [-0.2, -0.15) is 0 Å². The van der Waals surface area contributed by atoms with Crippen molar-refractivity contribution in [2.45, 2.75) is 13.8 Å². The third kappa shape index (κ3) is 6.36. The van der Waals surface area contributed by atoms with Crippen LogP contribution in [-0.4, -0.2) is 20.7 Å². The second kappa shape index (κ2) is 8.36. The van der Waals surface area contributed by atoms with Crippen molar-refractivity contribution in [1.29, 1.82) is 0 Å². The molecule has 0 heterocycles. The molecule has 0 bridgehead atoms. The Morgan fingerprint density at radius 1 is 1.26 bits per heavy atom. The zero-order chi connectivity index (χ0) is 13.8. The summed E-state index contributed by atoms with van der Waals surface area (Å²) in [6, 6.07) is 3.68. The van der Waals surface area contributed by atoms with E-state index in [1.165, 1.54) is 19.2 Å². The fraction of sp³-hybridized carbons (Fsp3) is 0.333. The molecule has 0 saturated heterocycles. The van der Waals surface area contributed by atoms with E-state index in [-0.39, 0.29) is 69.5 Å². The van der Waals surface area contributed by atoms with E-state index in [1.54, 1.807) is 6.08 Å². The first-order valence-corrected chi connectivity index (χ1v) is 5.48. The van der Waals surface area contributed by atoms with Crippen molar-refractivity contribution in [2.24, 2.45) is 0 Å². The largest absolute Gasteiger partial charge is 1.00 e. The molecule has 1 aromatic carbocycles. The van der Waals surface area contributed by atoms with Gasteiger partial charge in [0.15, 0.2) is 0 Å². The van der Waals surface area contributed by atoms with Gasteiger partial charge in [0, 0.05) is 0 Å². The van der Waals surface area contributed by atoms with Gasteiger partial charge in [-0.25, -0.2) is 0 Å². The Labute approximate surface area is 153 Å². The summed E-state index contributed by atoms with van der Waals surface area (Å²) < 4.78 is 48.5. The summed E-state index contributed by atoms with van der Waals surface area (Å²) in [6.07, 6.45) is 1.72. The van der Waals surface area contributed by atoms with Gasteiger partial charge in [0.2, 0.25) is 0 Å². The third-order valence-corrected chi connectivity index (χ3v) is 2.30. The van der Waals surface area contributed by atoms with Crippen molar-refractivity contribution in [3.8, 4) is 11.5 Å². The molecule has 1 rings (SSSR count). The molecule has 0 amide bonds. The zero-order valence-corrected chi connectivity index (χ0v) is 14.7. The Morgan fingerprint density at radius 3 is 2.37 bits per heavy atom. The summed E-state index contributed by atoms with van der Waals surface area (Å²) >= 11 is 0. The summed E-state index contributed by atoms with van der Waals surface area (Å²) in [7, 11) is 1.33. The Kier molecular flexibility index (Phi) is 8.39. The van der Waals surface area contributed by atoms with Crippen LogP contribution >= 0.6 is 0 Å². The SMILES string of the molecule is COc1ccc(OCC=C(C)C)c([B-](F)(F)F)c1.[K+]. The fourth-order valence-corrected chi connectivity index (χ4v) is 1.34. The van der Waals surface area contributed by atoms with E-state index in [1.807, 2.05) is 13.8 Å². The monoisotopic (exact) mass is 298 g/mol. The Hall–Kier alpha value is 0.0513. The summed E-state index contributed by atoms with van der Waals surface area (Å²) in [4.78, 5) is 0. The maximum Gasteiger partial charge on any atom is 1.00 e. The van der Waals surface area contributed by atoms with Crippen LogP contribution in [-0.2, 0) is 0 Å². The third-order valence-electron chi connectivity index (χ3n) is 2.30. The zero-order valence-electron chi connectivity index (χ0n) is 11.5.